The van der Waals surface area contributed by atoms with Crippen molar-refractivity contribution in [3.63, 3.8) is 0 Å². The van der Waals surface area contributed by atoms with E-state index < -0.39 is 5.97 Å². The van der Waals surface area contributed by atoms with Crippen molar-refractivity contribution in [2.24, 2.45) is 0 Å². The summed E-state index contributed by atoms with van der Waals surface area (Å²) in [5.74, 6) is -0.750. The molecule has 0 aliphatic heterocycles. The Bertz CT molecular complexity index is 332. The van der Waals surface area contributed by atoms with Gasteiger partial charge in [0.2, 0.25) is 0 Å². The molecule has 0 saturated carbocycles. The second-order valence-corrected chi connectivity index (χ2v) is 3.74. The number of nitrogens with one attached hydrogen (secondary N) is 1. The number of halogens is 2. The van der Waals surface area contributed by atoms with E-state index in [0.29, 0.717) is 13.0 Å². The Labute approximate surface area is 106 Å². The van der Waals surface area contributed by atoms with E-state index in [4.69, 9.17) is 16.7 Å². The van der Waals surface area contributed by atoms with Gasteiger partial charge >= 0.3 is 5.97 Å². The summed E-state index contributed by atoms with van der Waals surface area (Å²) in [5, 5.41) is 12.3. The first kappa shape index (κ1) is 15.2. The number of carboxylic acid groups (broad SMARTS) is 1. The molecule has 90 valence electrons. The SMILES string of the molecule is Cl.O=C(O)CCCNCc1cccc(Cl)c1. The molecule has 1 rings (SSSR count). The van der Waals surface area contributed by atoms with Gasteiger partial charge in [-0.1, -0.05) is 23.7 Å². The molecule has 5 heteroatoms. The summed E-state index contributed by atoms with van der Waals surface area (Å²) in [4.78, 5) is 10.2. The zero-order chi connectivity index (χ0) is 11.1. The quantitative estimate of drug-likeness (QED) is 0.777. The normalized spacial score (nSPS) is 9.56. The number of benzene rings is 1. The van der Waals surface area contributed by atoms with Crippen molar-refractivity contribution < 1.29 is 9.90 Å². The van der Waals surface area contributed by atoms with Crippen LogP contribution in [0.3, 0.4) is 0 Å². The van der Waals surface area contributed by atoms with E-state index in [-0.39, 0.29) is 18.8 Å². The van der Waals surface area contributed by atoms with Gasteiger partial charge < -0.3 is 10.4 Å². The predicted octanol–water partition coefficient (Wildman–Crippen LogP) is 2.72. The van der Waals surface area contributed by atoms with Crippen LogP contribution in [-0.2, 0) is 11.3 Å². The maximum Gasteiger partial charge on any atom is 0.303 e. The molecular formula is C11H15Cl2NO2. The van der Waals surface area contributed by atoms with Crippen molar-refractivity contribution in [3.05, 3.63) is 34.9 Å². The van der Waals surface area contributed by atoms with Gasteiger partial charge in [0.25, 0.3) is 0 Å². The maximum atomic E-state index is 10.2. The molecule has 0 aliphatic carbocycles. The van der Waals surface area contributed by atoms with Gasteiger partial charge in [0.1, 0.15) is 0 Å². The van der Waals surface area contributed by atoms with Crippen LogP contribution in [0.4, 0.5) is 0 Å². The highest BCUT2D eigenvalue weighted by molar-refractivity contribution is 6.30. The van der Waals surface area contributed by atoms with Crippen molar-refractivity contribution in [2.75, 3.05) is 6.54 Å². The van der Waals surface area contributed by atoms with Crippen LogP contribution in [0.2, 0.25) is 5.02 Å². The third kappa shape index (κ3) is 6.67. The fraction of sp³-hybridized carbons (Fsp3) is 0.364. The summed E-state index contributed by atoms with van der Waals surface area (Å²) >= 11 is 5.82. The molecule has 2 N–H and O–H groups in total. The van der Waals surface area contributed by atoms with Gasteiger partial charge in [0, 0.05) is 18.0 Å². The van der Waals surface area contributed by atoms with Crippen LogP contribution in [0.25, 0.3) is 0 Å². The first-order chi connectivity index (χ1) is 7.18. The van der Waals surface area contributed by atoms with E-state index in [1.807, 2.05) is 24.3 Å². The number of hydrogen-bond donors (Lipinski definition) is 2. The minimum Gasteiger partial charge on any atom is -0.481 e. The van der Waals surface area contributed by atoms with Crippen LogP contribution in [0, 0.1) is 0 Å². The topological polar surface area (TPSA) is 49.3 Å². The average molecular weight is 264 g/mol. The van der Waals surface area contributed by atoms with Crippen molar-refractivity contribution in [3.8, 4) is 0 Å². The van der Waals surface area contributed by atoms with Crippen LogP contribution in [-0.4, -0.2) is 17.6 Å². The Kier molecular flexibility index (Phi) is 7.99. The zero-order valence-electron chi connectivity index (χ0n) is 8.78. The van der Waals surface area contributed by atoms with Gasteiger partial charge in [0.15, 0.2) is 0 Å². The van der Waals surface area contributed by atoms with Crippen molar-refractivity contribution in [1.82, 2.24) is 5.32 Å². The molecule has 0 atom stereocenters. The fourth-order valence-corrected chi connectivity index (χ4v) is 1.46. The molecule has 0 aliphatic rings. The second-order valence-electron chi connectivity index (χ2n) is 3.30. The van der Waals surface area contributed by atoms with E-state index in [1.54, 1.807) is 0 Å². The molecule has 3 nitrogen and oxygen atoms in total. The van der Waals surface area contributed by atoms with E-state index in [9.17, 15) is 4.79 Å². The Morgan fingerprint density at radius 2 is 2.19 bits per heavy atom. The summed E-state index contributed by atoms with van der Waals surface area (Å²) < 4.78 is 0. The lowest BCUT2D eigenvalue weighted by molar-refractivity contribution is -0.137. The van der Waals surface area contributed by atoms with E-state index in [1.165, 1.54) is 0 Å². The fourth-order valence-electron chi connectivity index (χ4n) is 1.24. The molecule has 0 aromatic heterocycles. The monoisotopic (exact) mass is 263 g/mol. The number of carboxylic acids is 1. The summed E-state index contributed by atoms with van der Waals surface area (Å²) in [6.07, 6.45) is 0.860. The molecule has 0 unspecified atom stereocenters. The second kappa shape index (κ2) is 8.39. The predicted molar refractivity (Wildman–Crippen MR) is 67.3 cm³/mol. The Morgan fingerprint density at radius 1 is 1.44 bits per heavy atom. The highest BCUT2D eigenvalue weighted by atomic mass is 35.5. The van der Waals surface area contributed by atoms with E-state index in [0.717, 1.165) is 17.1 Å². The molecule has 1 aromatic rings. The number of aliphatic carboxylic acids is 1. The highest BCUT2D eigenvalue weighted by Crippen LogP contribution is 2.10. The standard InChI is InChI=1S/C11H14ClNO2.ClH/c12-10-4-1-3-9(7-10)8-13-6-2-5-11(14)15;/h1,3-4,7,13H,2,5-6,8H2,(H,14,15);1H. The molecule has 0 spiro atoms. The van der Waals surface area contributed by atoms with Crippen LogP contribution >= 0.6 is 24.0 Å². The molecule has 0 saturated heterocycles. The van der Waals surface area contributed by atoms with Gasteiger partial charge in [-0.05, 0) is 30.7 Å². The smallest absolute Gasteiger partial charge is 0.303 e. The van der Waals surface area contributed by atoms with Crippen molar-refractivity contribution in [2.45, 2.75) is 19.4 Å². The molecule has 1 aromatic carbocycles. The highest BCUT2D eigenvalue weighted by Gasteiger charge is 1.96. The van der Waals surface area contributed by atoms with Crippen LogP contribution in [0.1, 0.15) is 18.4 Å². The van der Waals surface area contributed by atoms with Crippen molar-refractivity contribution in [1.29, 1.82) is 0 Å². The lowest BCUT2D eigenvalue weighted by Gasteiger charge is -2.03. The lowest BCUT2D eigenvalue weighted by Crippen LogP contribution is -2.15. The zero-order valence-corrected chi connectivity index (χ0v) is 10.4. The van der Waals surface area contributed by atoms with Gasteiger partial charge in [-0.3, -0.25) is 4.79 Å². The molecule has 0 amide bonds. The van der Waals surface area contributed by atoms with Crippen molar-refractivity contribution >= 4 is 30.0 Å². The minimum absolute atomic E-state index is 0. The van der Waals surface area contributed by atoms with Gasteiger partial charge in [0.05, 0.1) is 0 Å². The Morgan fingerprint density at radius 3 is 2.81 bits per heavy atom. The summed E-state index contributed by atoms with van der Waals surface area (Å²) in [6, 6.07) is 7.61. The minimum atomic E-state index is -0.750. The van der Waals surface area contributed by atoms with Crippen LogP contribution < -0.4 is 5.32 Å². The molecule has 0 fully saturated rings. The Hall–Kier alpha value is -0.770. The number of rotatable bonds is 6. The van der Waals surface area contributed by atoms with Crippen LogP contribution in [0.15, 0.2) is 24.3 Å². The lowest BCUT2D eigenvalue weighted by atomic mass is 10.2. The number of carbonyl (C=O) groups is 1. The van der Waals surface area contributed by atoms with Gasteiger partial charge in [-0.2, -0.15) is 0 Å². The number of hydrogen-bond acceptors (Lipinski definition) is 2. The third-order valence-electron chi connectivity index (χ3n) is 1.96. The summed E-state index contributed by atoms with van der Waals surface area (Å²) in [5.41, 5.74) is 1.11. The Balaban J connectivity index is 0.00000225. The third-order valence-corrected chi connectivity index (χ3v) is 2.20. The molecule has 0 bridgehead atoms. The maximum absolute atomic E-state index is 10.2. The largest absolute Gasteiger partial charge is 0.481 e. The molecule has 0 heterocycles. The van der Waals surface area contributed by atoms with E-state index >= 15 is 0 Å². The van der Waals surface area contributed by atoms with E-state index in [2.05, 4.69) is 5.32 Å². The summed E-state index contributed by atoms with van der Waals surface area (Å²) in [7, 11) is 0. The molecule has 0 radical (unpaired) electrons. The van der Waals surface area contributed by atoms with Gasteiger partial charge in [-0.25, -0.2) is 0 Å². The first-order valence-corrected chi connectivity index (χ1v) is 5.23. The van der Waals surface area contributed by atoms with Gasteiger partial charge in [-0.15, -0.1) is 12.4 Å². The molecular weight excluding hydrogens is 249 g/mol. The van der Waals surface area contributed by atoms with Crippen LogP contribution in [0.5, 0.6) is 0 Å². The average Bonchev–Trinajstić information content (AvgIpc) is 2.17. The first-order valence-electron chi connectivity index (χ1n) is 4.85. The summed E-state index contributed by atoms with van der Waals surface area (Å²) in [6.45, 7) is 1.43. The molecule has 16 heavy (non-hydrogen) atoms.